The van der Waals surface area contributed by atoms with Crippen molar-refractivity contribution in [3.05, 3.63) is 68.4 Å². The zero-order valence-corrected chi connectivity index (χ0v) is 10.7. The van der Waals surface area contributed by atoms with Gasteiger partial charge in [-0.15, -0.1) is 0 Å². The van der Waals surface area contributed by atoms with E-state index in [-0.39, 0.29) is 5.69 Å². The maximum atomic E-state index is 10.9. The number of rotatable bonds is 1. The van der Waals surface area contributed by atoms with Crippen molar-refractivity contribution in [3.8, 4) is 11.8 Å². The summed E-state index contributed by atoms with van der Waals surface area (Å²) >= 11 is 3.20. The molecule has 0 saturated carbocycles. The molecule has 0 N–H and O–H groups in total. The minimum absolute atomic E-state index is 0.00840. The molecule has 5 heteroatoms. The topological polar surface area (TPSA) is 56.0 Å². The number of benzene rings is 1. The molecule has 0 saturated heterocycles. The molecular formula is C13H7BrN2O2. The molecule has 0 amide bonds. The first kappa shape index (κ1) is 12.3. The molecule has 2 aromatic rings. The Morgan fingerprint density at radius 2 is 1.89 bits per heavy atom. The summed E-state index contributed by atoms with van der Waals surface area (Å²) in [5.74, 6) is 5.66. The molecule has 88 valence electrons. The third kappa shape index (κ3) is 2.93. The highest BCUT2D eigenvalue weighted by molar-refractivity contribution is 9.10. The van der Waals surface area contributed by atoms with Gasteiger partial charge in [0, 0.05) is 28.5 Å². The lowest BCUT2D eigenvalue weighted by Gasteiger charge is -1.96. The van der Waals surface area contributed by atoms with Gasteiger partial charge in [-0.2, -0.15) is 0 Å². The molecule has 2 rings (SSSR count). The van der Waals surface area contributed by atoms with E-state index in [0.29, 0.717) is 10.0 Å². The van der Waals surface area contributed by atoms with Crippen molar-refractivity contribution in [2.45, 2.75) is 0 Å². The lowest BCUT2D eigenvalue weighted by atomic mass is 10.1. The van der Waals surface area contributed by atoms with Gasteiger partial charge in [0.05, 0.1) is 4.92 Å². The summed E-state index contributed by atoms with van der Waals surface area (Å²) in [7, 11) is 0. The number of pyridine rings is 1. The van der Waals surface area contributed by atoms with Crippen molar-refractivity contribution in [1.29, 1.82) is 0 Å². The first-order valence-corrected chi connectivity index (χ1v) is 5.82. The largest absolute Gasteiger partial charge is 0.286 e. The van der Waals surface area contributed by atoms with E-state index < -0.39 is 4.92 Å². The Balaban J connectivity index is 2.41. The molecule has 0 radical (unpaired) electrons. The molecule has 0 unspecified atom stereocenters. The van der Waals surface area contributed by atoms with Gasteiger partial charge in [0.25, 0.3) is 5.69 Å². The van der Waals surface area contributed by atoms with Crippen molar-refractivity contribution in [1.82, 2.24) is 4.98 Å². The fourth-order valence-electron chi connectivity index (χ4n) is 1.34. The second-order valence-electron chi connectivity index (χ2n) is 3.40. The summed E-state index contributed by atoms with van der Waals surface area (Å²) < 4.78 is 0.656. The van der Waals surface area contributed by atoms with Crippen LogP contribution in [0.1, 0.15) is 11.1 Å². The molecule has 4 nitrogen and oxygen atoms in total. The SMILES string of the molecule is O=[N+]([O-])c1cc(Br)ccc1C#Cc1ccncc1. The fraction of sp³-hybridized carbons (Fsp3) is 0. The van der Waals surface area contributed by atoms with E-state index in [1.165, 1.54) is 6.07 Å². The zero-order chi connectivity index (χ0) is 13.0. The van der Waals surface area contributed by atoms with Crippen molar-refractivity contribution >= 4 is 21.6 Å². The molecule has 0 spiro atoms. The number of halogens is 1. The Morgan fingerprint density at radius 1 is 1.17 bits per heavy atom. The molecule has 0 aliphatic heterocycles. The number of nitro benzene ring substituents is 1. The fourth-order valence-corrected chi connectivity index (χ4v) is 1.69. The molecule has 1 heterocycles. The molecular weight excluding hydrogens is 296 g/mol. The van der Waals surface area contributed by atoms with E-state index in [0.717, 1.165) is 5.56 Å². The van der Waals surface area contributed by atoms with Gasteiger partial charge >= 0.3 is 0 Å². The third-order valence-electron chi connectivity index (χ3n) is 2.18. The molecule has 0 aliphatic rings. The summed E-state index contributed by atoms with van der Waals surface area (Å²) in [4.78, 5) is 14.3. The van der Waals surface area contributed by atoms with Crippen LogP contribution in [0.4, 0.5) is 5.69 Å². The predicted octanol–water partition coefficient (Wildman–Crippen LogP) is 3.15. The average molecular weight is 303 g/mol. The number of aromatic nitrogens is 1. The maximum absolute atomic E-state index is 10.9. The highest BCUT2D eigenvalue weighted by Gasteiger charge is 2.11. The average Bonchev–Trinajstić information content (AvgIpc) is 2.38. The van der Waals surface area contributed by atoms with Crippen LogP contribution in [-0.2, 0) is 0 Å². The highest BCUT2D eigenvalue weighted by Crippen LogP contribution is 2.22. The van der Waals surface area contributed by atoms with Gasteiger partial charge in [0.1, 0.15) is 5.56 Å². The first-order valence-electron chi connectivity index (χ1n) is 5.03. The Kier molecular flexibility index (Phi) is 3.70. The Bertz CT molecular complexity index is 645. The summed E-state index contributed by atoms with van der Waals surface area (Å²) in [6.45, 7) is 0. The van der Waals surface area contributed by atoms with Crippen molar-refractivity contribution in [3.63, 3.8) is 0 Å². The number of hydrogen-bond donors (Lipinski definition) is 0. The van der Waals surface area contributed by atoms with Crippen LogP contribution in [0.15, 0.2) is 47.2 Å². The molecule has 1 aromatic heterocycles. The molecule has 0 bridgehead atoms. The quantitative estimate of drug-likeness (QED) is 0.462. The van der Waals surface area contributed by atoms with Crippen LogP contribution in [0.2, 0.25) is 0 Å². The minimum atomic E-state index is -0.443. The smallest absolute Gasteiger partial charge is 0.265 e. The van der Waals surface area contributed by atoms with E-state index in [9.17, 15) is 10.1 Å². The zero-order valence-electron chi connectivity index (χ0n) is 9.13. The predicted molar refractivity (Wildman–Crippen MR) is 71.0 cm³/mol. The first-order chi connectivity index (χ1) is 8.66. The van der Waals surface area contributed by atoms with Crippen LogP contribution < -0.4 is 0 Å². The highest BCUT2D eigenvalue weighted by atomic mass is 79.9. The number of nitro groups is 1. The normalized spacial score (nSPS) is 9.39. The standard InChI is InChI=1S/C13H7BrN2O2/c14-12-4-3-11(13(9-12)16(17)18)2-1-10-5-7-15-8-6-10/h3-9H. The van der Waals surface area contributed by atoms with Crippen LogP contribution in [0.25, 0.3) is 0 Å². The summed E-state index contributed by atoms with van der Waals surface area (Å²) in [5.41, 5.74) is 1.15. The van der Waals surface area contributed by atoms with Crippen LogP contribution >= 0.6 is 15.9 Å². The number of hydrogen-bond acceptors (Lipinski definition) is 3. The summed E-state index contributed by atoms with van der Waals surface area (Å²) in [5, 5.41) is 10.9. The lowest BCUT2D eigenvalue weighted by molar-refractivity contribution is -0.385. The maximum Gasteiger partial charge on any atom is 0.286 e. The van der Waals surface area contributed by atoms with Crippen molar-refractivity contribution < 1.29 is 4.92 Å². The van der Waals surface area contributed by atoms with Crippen molar-refractivity contribution in [2.75, 3.05) is 0 Å². The summed E-state index contributed by atoms with van der Waals surface area (Å²) in [6, 6.07) is 8.28. The molecule has 0 aliphatic carbocycles. The van der Waals surface area contributed by atoms with Gasteiger partial charge in [-0.3, -0.25) is 15.1 Å². The van der Waals surface area contributed by atoms with Crippen LogP contribution in [0.5, 0.6) is 0 Å². The Morgan fingerprint density at radius 3 is 2.56 bits per heavy atom. The van der Waals surface area contributed by atoms with Gasteiger partial charge in [0.15, 0.2) is 0 Å². The van der Waals surface area contributed by atoms with Gasteiger partial charge in [0.2, 0.25) is 0 Å². The third-order valence-corrected chi connectivity index (χ3v) is 2.67. The van der Waals surface area contributed by atoms with Crippen molar-refractivity contribution in [2.24, 2.45) is 0 Å². The monoisotopic (exact) mass is 302 g/mol. The molecule has 0 fully saturated rings. The van der Waals surface area contributed by atoms with E-state index in [4.69, 9.17) is 0 Å². The van der Waals surface area contributed by atoms with Crippen LogP contribution in [-0.4, -0.2) is 9.91 Å². The van der Waals surface area contributed by atoms with E-state index in [2.05, 4.69) is 32.8 Å². The van der Waals surface area contributed by atoms with Gasteiger partial charge in [-0.25, -0.2) is 0 Å². The van der Waals surface area contributed by atoms with E-state index in [1.54, 1.807) is 36.7 Å². The molecule has 18 heavy (non-hydrogen) atoms. The lowest BCUT2D eigenvalue weighted by Crippen LogP contribution is -1.92. The van der Waals surface area contributed by atoms with Gasteiger partial charge in [-0.1, -0.05) is 27.8 Å². The Labute approximate surface area is 112 Å². The van der Waals surface area contributed by atoms with E-state index >= 15 is 0 Å². The minimum Gasteiger partial charge on any atom is -0.265 e. The van der Waals surface area contributed by atoms with Gasteiger partial charge < -0.3 is 0 Å². The second-order valence-corrected chi connectivity index (χ2v) is 4.32. The Hall–Kier alpha value is -2.19. The van der Waals surface area contributed by atoms with E-state index in [1.807, 2.05) is 0 Å². The summed E-state index contributed by atoms with van der Waals surface area (Å²) in [6.07, 6.45) is 3.25. The van der Waals surface area contributed by atoms with Gasteiger partial charge in [-0.05, 0) is 24.3 Å². The second kappa shape index (κ2) is 5.43. The molecule has 0 atom stereocenters. The molecule has 1 aromatic carbocycles. The van der Waals surface area contributed by atoms with Crippen LogP contribution in [0.3, 0.4) is 0 Å². The number of nitrogens with zero attached hydrogens (tertiary/aromatic N) is 2. The van der Waals surface area contributed by atoms with Crippen LogP contribution in [0, 0.1) is 22.0 Å².